The van der Waals surface area contributed by atoms with Crippen LogP contribution in [0.2, 0.25) is 0 Å². The van der Waals surface area contributed by atoms with Crippen LogP contribution >= 0.6 is 12.2 Å². The Bertz CT molecular complexity index is 256. The normalized spacial score (nSPS) is 9.50. The molecule has 0 fully saturated rings. The van der Waals surface area contributed by atoms with Gasteiger partial charge in [0.25, 0.3) is 0 Å². The van der Waals surface area contributed by atoms with E-state index in [2.05, 4.69) is 17.0 Å². The molecule has 64 valence electrons. The second-order valence-electron chi connectivity index (χ2n) is 2.86. The Kier molecular flexibility index (Phi) is 3.23. The maximum Gasteiger partial charge on any atom is 0.0748 e. The monoisotopic (exact) mass is 179 g/mol. The highest BCUT2D eigenvalue weighted by Crippen LogP contribution is 2.02. The van der Waals surface area contributed by atoms with Crippen molar-refractivity contribution >= 4 is 17.2 Å². The SMILES string of the molecule is CC(=S)N(C)Cc1ccccc1. The van der Waals surface area contributed by atoms with E-state index in [0.29, 0.717) is 0 Å². The topological polar surface area (TPSA) is 3.24 Å². The summed E-state index contributed by atoms with van der Waals surface area (Å²) in [5.41, 5.74) is 1.30. The predicted octanol–water partition coefficient (Wildman–Crippen LogP) is 2.47. The highest BCUT2D eigenvalue weighted by molar-refractivity contribution is 7.80. The van der Waals surface area contributed by atoms with Gasteiger partial charge < -0.3 is 4.90 Å². The molecule has 0 amide bonds. The van der Waals surface area contributed by atoms with Crippen LogP contribution in [0, 0.1) is 0 Å². The molecule has 1 aromatic rings. The summed E-state index contributed by atoms with van der Waals surface area (Å²) in [5, 5.41) is 0. The van der Waals surface area contributed by atoms with Crippen molar-refractivity contribution in [2.45, 2.75) is 13.5 Å². The van der Waals surface area contributed by atoms with Crippen LogP contribution in [0.1, 0.15) is 12.5 Å². The lowest BCUT2D eigenvalue weighted by molar-refractivity contribution is 0.507. The second-order valence-corrected chi connectivity index (χ2v) is 3.45. The zero-order valence-corrected chi connectivity index (χ0v) is 8.27. The maximum atomic E-state index is 5.04. The third kappa shape index (κ3) is 2.62. The van der Waals surface area contributed by atoms with Crippen LogP contribution in [-0.4, -0.2) is 16.9 Å². The summed E-state index contributed by atoms with van der Waals surface area (Å²) < 4.78 is 0. The molecule has 0 aliphatic carbocycles. The van der Waals surface area contributed by atoms with Crippen molar-refractivity contribution in [3.05, 3.63) is 35.9 Å². The van der Waals surface area contributed by atoms with E-state index in [4.69, 9.17) is 12.2 Å². The van der Waals surface area contributed by atoms with Crippen LogP contribution in [0.3, 0.4) is 0 Å². The molecule has 12 heavy (non-hydrogen) atoms. The average Bonchev–Trinajstić information content (AvgIpc) is 2.06. The van der Waals surface area contributed by atoms with Crippen molar-refractivity contribution in [1.29, 1.82) is 0 Å². The first-order valence-corrected chi connectivity index (χ1v) is 4.36. The van der Waals surface area contributed by atoms with Gasteiger partial charge in [0.05, 0.1) is 4.99 Å². The molecule has 0 N–H and O–H groups in total. The van der Waals surface area contributed by atoms with E-state index in [0.717, 1.165) is 11.5 Å². The fourth-order valence-corrected chi connectivity index (χ4v) is 1.03. The quantitative estimate of drug-likeness (QED) is 0.642. The lowest BCUT2D eigenvalue weighted by atomic mass is 10.2. The molecule has 0 heterocycles. The first-order chi connectivity index (χ1) is 5.70. The summed E-state index contributed by atoms with van der Waals surface area (Å²) in [5.74, 6) is 0. The molecule has 0 saturated heterocycles. The van der Waals surface area contributed by atoms with Crippen LogP contribution in [0.15, 0.2) is 30.3 Å². The second kappa shape index (κ2) is 4.21. The van der Waals surface area contributed by atoms with Crippen molar-refractivity contribution in [1.82, 2.24) is 4.90 Å². The number of benzene rings is 1. The average molecular weight is 179 g/mol. The summed E-state index contributed by atoms with van der Waals surface area (Å²) in [6.45, 7) is 2.84. The molecule has 0 aromatic heterocycles. The molecule has 1 nitrogen and oxygen atoms in total. The fraction of sp³-hybridized carbons (Fsp3) is 0.300. The third-order valence-corrected chi connectivity index (χ3v) is 2.11. The molecule has 0 saturated carbocycles. The van der Waals surface area contributed by atoms with Gasteiger partial charge in [0.15, 0.2) is 0 Å². The molecule has 0 aliphatic rings. The minimum Gasteiger partial charge on any atom is -0.365 e. The molecule has 2 heteroatoms. The highest BCUT2D eigenvalue weighted by atomic mass is 32.1. The minimum absolute atomic E-state index is 0.899. The van der Waals surface area contributed by atoms with Crippen LogP contribution < -0.4 is 0 Å². The number of nitrogens with zero attached hydrogens (tertiary/aromatic N) is 1. The Morgan fingerprint density at radius 2 is 1.92 bits per heavy atom. The van der Waals surface area contributed by atoms with E-state index in [1.54, 1.807) is 0 Å². The van der Waals surface area contributed by atoms with Gasteiger partial charge >= 0.3 is 0 Å². The van der Waals surface area contributed by atoms with Crippen LogP contribution in [0.25, 0.3) is 0 Å². The molecule has 1 rings (SSSR count). The van der Waals surface area contributed by atoms with Gasteiger partial charge in [-0.25, -0.2) is 0 Å². The van der Waals surface area contributed by atoms with Crippen molar-refractivity contribution in [2.24, 2.45) is 0 Å². The molecule has 0 radical (unpaired) electrons. The Balaban J connectivity index is 2.58. The van der Waals surface area contributed by atoms with E-state index in [-0.39, 0.29) is 0 Å². The van der Waals surface area contributed by atoms with E-state index < -0.39 is 0 Å². The van der Waals surface area contributed by atoms with E-state index >= 15 is 0 Å². The lowest BCUT2D eigenvalue weighted by Crippen LogP contribution is -2.21. The van der Waals surface area contributed by atoms with E-state index in [1.165, 1.54) is 5.56 Å². The smallest absolute Gasteiger partial charge is 0.0748 e. The largest absolute Gasteiger partial charge is 0.365 e. The third-order valence-electron chi connectivity index (χ3n) is 1.80. The van der Waals surface area contributed by atoms with Gasteiger partial charge in [-0.05, 0) is 12.5 Å². The van der Waals surface area contributed by atoms with Crippen molar-refractivity contribution in [2.75, 3.05) is 7.05 Å². The van der Waals surface area contributed by atoms with Gasteiger partial charge in [-0.2, -0.15) is 0 Å². The molecule has 0 aliphatic heterocycles. The molecule has 0 atom stereocenters. The van der Waals surface area contributed by atoms with Crippen LogP contribution in [0.5, 0.6) is 0 Å². The molecule has 0 bridgehead atoms. The van der Waals surface area contributed by atoms with Crippen molar-refractivity contribution in [3.8, 4) is 0 Å². The summed E-state index contributed by atoms with van der Waals surface area (Å²) in [4.78, 5) is 2.99. The Morgan fingerprint density at radius 1 is 1.33 bits per heavy atom. The van der Waals surface area contributed by atoms with E-state index in [9.17, 15) is 0 Å². The number of rotatable bonds is 2. The maximum absolute atomic E-state index is 5.04. The summed E-state index contributed by atoms with van der Waals surface area (Å²) in [6.07, 6.45) is 0. The zero-order valence-electron chi connectivity index (χ0n) is 7.45. The van der Waals surface area contributed by atoms with Gasteiger partial charge in [-0.3, -0.25) is 0 Å². The molecule has 0 unspecified atom stereocenters. The standard InChI is InChI=1S/C10H13NS/c1-9(12)11(2)8-10-6-4-3-5-7-10/h3-7H,8H2,1-2H3. The molecular weight excluding hydrogens is 166 g/mol. The molecule has 0 spiro atoms. The summed E-state index contributed by atoms with van der Waals surface area (Å²) in [7, 11) is 2.01. The number of hydrogen-bond donors (Lipinski definition) is 0. The first-order valence-electron chi connectivity index (χ1n) is 3.96. The lowest BCUT2D eigenvalue weighted by Gasteiger charge is -2.16. The molecular formula is C10H13NS. The van der Waals surface area contributed by atoms with Crippen LogP contribution in [-0.2, 0) is 6.54 Å². The van der Waals surface area contributed by atoms with Gasteiger partial charge in [0, 0.05) is 13.6 Å². The minimum atomic E-state index is 0.899. The van der Waals surface area contributed by atoms with Gasteiger partial charge in [0.2, 0.25) is 0 Å². The summed E-state index contributed by atoms with van der Waals surface area (Å²) >= 11 is 5.04. The summed E-state index contributed by atoms with van der Waals surface area (Å²) in [6, 6.07) is 10.3. The Labute approximate surface area is 79.0 Å². The van der Waals surface area contributed by atoms with Gasteiger partial charge in [0.1, 0.15) is 0 Å². The Hall–Kier alpha value is -0.890. The predicted molar refractivity (Wildman–Crippen MR) is 56.2 cm³/mol. The van der Waals surface area contributed by atoms with Gasteiger partial charge in [-0.1, -0.05) is 42.5 Å². The first kappa shape index (κ1) is 9.20. The highest BCUT2D eigenvalue weighted by Gasteiger charge is 1.98. The van der Waals surface area contributed by atoms with Crippen molar-refractivity contribution < 1.29 is 0 Å². The zero-order chi connectivity index (χ0) is 8.97. The van der Waals surface area contributed by atoms with E-state index in [1.807, 2.05) is 32.2 Å². The number of hydrogen-bond acceptors (Lipinski definition) is 1. The van der Waals surface area contributed by atoms with Crippen LogP contribution in [0.4, 0.5) is 0 Å². The van der Waals surface area contributed by atoms with Crippen molar-refractivity contribution in [3.63, 3.8) is 0 Å². The Morgan fingerprint density at radius 3 is 2.42 bits per heavy atom. The number of thiocarbonyl (C=S) groups is 1. The molecule has 1 aromatic carbocycles. The van der Waals surface area contributed by atoms with Gasteiger partial charge in [-0.15, -0.1) is 0 Å². The fourth-order valence-electron chi connectivity index (χ4n) is 0.969.